The van der Waals surface area contributed by atoms with Crippen LogP contribution in [0.5, 0.6) is 0 Å². The number of nitrogens with zero attached hydrogens (tertiary/aromatic N) is 5. The monoisotopic (exact) mass is 760 g/mol. The van der Waals surface area contributed by atoms with Gasteiger partial charge in [0.2, 0.25) is 5.28 Å². The Morgan fingerprint density at radius 1 is 1.20 bits per heavy atom. The standard InChI is InChI=1S/C33H35ClFIN6O2S/c1-32(2,3)16-38-29-21(13-37)24-19(8-7-9-23(24)45-29)25-22(36)12-20-27(26(25)35)39-30(34)40-28(20)41-14-17-10-11-18(15-41)42(17)31(43)44-33(4,5)6/h7-9,12,17-18,38H,10-11,14-16H2,1-6H3. The van der Waals surface area contributed by atoms with Crippen molar-refractivity contribution in [2.45, 2.75) is 72.1 Å². The third-order valence-corrected chi connectivity index (χ3v) is 10.2. The number of anilines is 2. The van der Waals surface area contributed by atoms with E-state index in [1.165, 1.54) is 11.3 Å². The third-order valence-electron chi connectivity index (χ3n) is 8.10. The van der Waals surface area contributed by atoms with Crippen LogP contribution < -0.4 is 10.2 Å². The molecular weight excluding hydrogens is 726 g/mol. The van der Waals surface area contributed by atoms with Crippen LogP contribution in [0, 0.1) is 26.1 Å². The molecule has 0 aliphatic carbocycles. The molecule has 6 rings (SSSR count). The summed E-state index contributed by atoms with van der Waals surface area (Å²) in [4.78, 5) is 25.9. The number of ether oxygens (including phenoxy) is 1. The smallest absolute Gasteiger partial charge is 0.410 e. The maximum atomic E-state index is 16.8. The number of carbonyl (C=O) groups is 1. The van der Waals surface area contributed by atoms with Gasteiger partial charge < -0.3 is 15.0 Å². The predicted octanol–water partition coefficient (Wildman–Crippen LogP) is 8.83. The van der Waals surface area contributed by atoms with Crippen molar-refractivity contribution < 1.29 is 13.9 Å². The summed E-state index contributed by atoms with van der Waals surface area (Å²) in [5, 5.41) is 15.7. The van der Waals surface area contributed by atoms with Gasteiger partial charge in [-0.25, -0.2) is 14.2 Å². The van der Waals surface area contributed by atoms with Crippen LogP contribution in [0.2, 0.25) is 5.28 Å². The van der Waals surface area contributed by atoms with Gasteiger partial charge in [-0.2, -0.15) is 10.2 Å². The minimum Gasteiger partial charge on any atom is -0.444 e. The van der Waals surface area contributed by atoms with Gasteiger partial charge in [0, 0.05) is 44.2 Å². The lowest BCUT2D eigenvalue weighted by molar-refractivity contribution is 0.0123. The molecule has 8 nitrogen and oxygen atoms in total. The highest BCUT2D eigenvalue weighted by Crippen LogP contribution is 2.45. The number of amides is 1. The van der Waals surface area contributed by atoms with Gasteiger partial charge in [-0.3, -0.25) is 4.90 Å². The number of benzene rings is 2. The zero-order chi connectivity index (χ0) is 32.4. The molecule has 1 N–H and O–H groups in total. The summed E-state index contributed by atoms with van der Waals surface area (Å²) in [5.41, 5.74) is 1.07. The van der Waals surface area contributed by atoms with Crippen LogP contribution in [0.15, 0.2) is 24.3 Å². The molecule has 4 aromatic rings. The van der Waals surface area contributed by atoms with E-state index in [2.05, 4.69) is 69.6 Å². The van der Waals surface area contributed by atoms with Crippen LogP contribution in [0.3, 0.4) is 0 Å². The molecule has 2 bridgehead atoms. The molecule has 0 saturated carbocycles. The number of halogens is 3. The van der Waals surface area contributed by atoms with E-state index in [1.54, 1.807) is 0 Å². The predicted molar refractivity (Wildman–Crippen MR) is 188 cm³/mol. The average Bonchev–Trinajstić information content (AvgIpc) is 3.44. The van der Waals surface area contributed by atoms with Crippen molar-refractivity contribution in [1.29, 1.82) is 5.26 Å². The summed E-state index contributed by atoms with van der Waals surface area (Å²) in [5.74, 6) is 0.0406. The number of thiophene rings is 1. The lowest BCUT2D eigenvalue weighted by Gasteiger charge is -2.42. The summed E-state index contributed by atoms with van der Waals surface area (Å²) in [6, 6.07) is 9.88. The first kappa shape index (κ1) is 32.0. The molecule has 4 heterocycles. The lowest BCUT2D eigenvalue weighted by atomic mass is 9.96. The fourth-order valence-corrected chi connectivity index (χ4v) is 8.34. The first-order valence-electron chi connectivity index (χ1n) is 15.0. The fourth-order valence-electron chi connectivity index (χ4n) is 6.26. The minimum atomic E-state index is -0.582. The maximum absolute atomic E-state index is 16.8. The van der Waals surface area contributed by atoms with E-state index >= 15 is 4.39 Å². The van der Waals surface area contributed by atoms with Crippen LogP contribution in [0.4, 0.5) is 20.0 Å². The second-order valence-electron chi connectivity index (χ2n) is 13.9. The van der Waals surface area contributed by atoms with E-state index in [9.17, 15) is 10.1 Å². The first-order chi connectivity index (χ1) is 21.1. The SMILES string of the molecule is CC(C)(C)CNc1sc2cccc(-c3c(I)cc4c(N5CC6CCC(C5)N6C(=O)OC(C)(C)C)nc(Cl)nc4c3F)c2c1C#N. The van der Waals surface area contributed by atoms with Crippen LogP contribution in [-0.4, -0.2) is 58.3 Å². The van der Waals surface area contributed by atoms with E-state index in [0.29, 0.717) is 56.5 Å². The van der Waals surface area contributed by atoms with Crippen molar-refractivity contribution >= 4 is 83.4 Å². The van der Waals surface area contributed by atoms with Gasteiger partial charge in [0.1, 0.15) is 28.0 Å². The van der Waals surface area contributed by atoms with Gasteiger partial charge in [0.05, 0.1) is 17.6 Å². The van der Waals surface area contributed by atoms with Crippen LogP contribution in [0.1, 0.15) is 59.9 Å². The molecule has 2 aromatic carbocycles. The van der Waals surface area contributed by atoms with Gasteiger partial charge in [-0.05, 0) is 90.9 Å². The molecule has 2 aromatic heterocycles. The van der Waals surface area contributed by atoms with Gasteiger partial charge in [0.15, 0.2) is 5.82 Å². The second kappa shape index (κ2) is 11.7. The molecule has 2 fully saturated rings. The highest BCUT2D eigenvalue weighted by atomic mass is 127. The Morgan fingerprint density at radius 3 is 2.51 bits per heavy atom. The fraction of sp³-hybridized carbons (Fsp3) is 0.455. The molecule has 12 heteroatoms. The van der Waals surface area contributed by atoms with Crippen LogP contribution in [-0.2, 0) is 4.74 Å². The maximum Gasteiger partial charge on any atom is 0.410 e. The van der Waals surface area contributed by atoms with Gasteiger partial charge in [-0.15, -0.1) is 11.3 Å². The molecule has 236 valence electrons. The third kappa shape index (κ3) is 6.13. The summed E-state index contributed by atoms with van der Waals surface area (Å²) < 4.78 is 24.0. The Bertz CT molecular complexity index is 1860. The van der Waals surface area contributed by atoms with Crippen molar-refractivity contribution in [2.75, 3.05) is 29.9 Å². The number of hydrogen-bond acceptors (Lipinski definition) is 8. The molecule has 2 saturated heterocycles. The average molecular weight is 761 g/mol. The normalized spacial score (nSPS) is 18.5. The highest BCUT2D eigenvalue weighted by molar-refractivity contribution is 14.1. The number of fused-ring (bicyclic) bond motifs is 4. The number of nitrogens with one attached hydrogen (secondary N) is 1. The molecule has 2 aliphatic heterocycles. The van der Waals surface area contributed by atoms with Gasteiger partial charge in [0.25, 0.3) is 0 Å². The summed E-state index contributed by atoms with van der Waals surface area (Å²) in [6.45, 7) is 13.7. The Labute approximate surface area is 285 Å². The zero-order valence-electron chi connectivity index (χ0n) is 26.1. The number of nitriles is 1. The summed E-state index contributed by atoms with van der Waals surface area (Å²) >= 11 is 10.1. The Morgan fingerprint density at radius 2 is 1.89 bits per heavy atom. The number of aromatic nitrogens is 2. The second-order valence-corrected chi connectivity index (χ2v) is 16.5. The minimum absolute atomic E-state index is 0.0180. The number of carbonyl (C=O) groups excluding carboxylic acids is 1. The first-order valence-corrected chi connectivity index (χ1v) is 17.2. The van der Waals surface area contributed by atoms with E-state index < -0.39 is 11.4 Å². The Hall–Kier alpha value is -2.95. The topological polar surface area (TPSA) is 94.4 Å². The van der Waals surface area contributed by atoms with E-state index in [-0.39, 0.29) is 34.4 Å². The lowest BCUT2D eigenvalue weighted by Crippen LogP contribution is -2.57. The molecule has 45 heavy (non-hydrogen) atoms. The Kier molecular flexibility index (Phi) is 8.32. The van der Waals surface area contributed by atoms with E-state index in [0.717, 1.165) is 22.5 Å². The summed E-state index contributed by atoms with van der Waals surface area (Å²) in [7, 11) is 0. The summed E-state index contributed by atoms with van der Waals surface area (Å²) in [6.07, 6.45) is 1.40. The van der Waals surface area contributed by atoms with E-state index in [4.69, 9.17) is 16.3 Å². The van der Waals surface area contributed by atoms with Crippen molar-refractivity contribution in [3.05, 3.63) is 44.5 Å². The molecule has 1 amide bonds. The van der Waals surface area contributed by atoms with Crippen molar-refractivity contribution in [3.8, 4) is 17.2 Å². The molecule has 2 aliphatic rings. The van der Waals surface area contributed by atoms with Crippen molar-refractivity contribution in [3.63, 3.8) is 0 Å². The van der Waals surface area contributed by atoms with Gasteiger partial charge >= 0.3 is 6.09 Å². The van der Waals surface area contributed by atoms with Crippen molar-refractivity contribution in [2.24, 2.45) is 5.41 Å². The number of rotatable bonds is 4. The van der Waals surface area contributed by atoms with Gasteiger partial charge in [-0.1, -0.05) is 32.9 Å². The molecule has 2 atom stereocenters. The zero-order valence-corrected chi connectivity index (χ0v) is 29.8. The molecule has 0 spiro atoms. The van der Waals surface area contributed by atoms with Crippen LogP contribution >= 0.6 is 45.5 Å². The number of piperazine rings is 1. The van der Waals surface area contributed by atoms with Crippen molar-refractivity contribution in [1.82, 2.24) is 14.9 Å². The van der Waals surface area contributed by atoms with Crippen LogP contribution in [0.25, 0.3) is 32.1 Å². The Balaban J connectivity index is 1.42. The number of hydrogen-bond donors (Lipinski definition) is 1. The molecule has 0 radical (unpaired) electrons. The van der Waals surface area contributed by atoms with E-state index in [1.807, 2.05) is 49.9 Å². The molecule has 2 unspecified atom stereocenters. The molecular formula is C33H35ClFIN6O2S. The largest absolute Gasteiger partial charge is 0.444 e. The quantitative estimate of drug-likeness (QED) is 0.164. The highest BCUT2D eigenvalue weighted by Gasteiger charge is 2.45.